The van der Waals surface area contributed by atoms with E-state index in [1.54, 1.807) is 36.5 Å². The highest BCUT2D eigenvalue weighted by molar-refractivity contribution is 7.86. The molecule has 1 amide bonds. The topological polar surface area (TPSA) is 91.3 Å². The third-order valence-electron chi connectivity index (χ3n) is 5.01. The van der Waals surface area contributed by atoms with Crippen molar-refractivity contribution in [2.75, 3.05) is 11.3 Å². The summed E-state index contributed by atoms with van der Waals surface area (Å²) in [6.45, 7) is -0.170. The first-order valence-corrected chi connectivity index (χ1v) is 11.4. The lowest BCUT2D eigenvalue weighted by Crippen LogP contribution is -2.39. The predicted octanol–water partition coefficient (Wildman–Crippen LogP) is 3.70. The molecule has 1 aromatic heterocycles. The minimum atomic E-state index is -1.55. The zero-order valence-electron chi connectivity index (χ0n) is 17.3. The van der Waals surface area contributed by atoms with Crippen molar-refractivity contribution in [3.8, 4) is 0 Å². The van der Waals surface area contributed by atoms with Gasteiger partial charge in [-0.15, -0.1) is 0 Å². The molecule has 0 aliphatic heterocycles. The average Bonchev–Trinajstić information content (AvgIpc) is 2.84. The van der Waals surface area contributed by atoms with Gasteiger partial charge < -0.3 is 15.1 Å². The maximum Gasteiger partial charge on any atom is 0.251 e. The molecule has 3 aromatic carbocycles. The first-order chi connectivity index (χ1) is 15.6. The summed E-state index contributed by atoms with van der Waals surface area (Å²) in [4.78, 5) is 17.7. The van der Waals surface area contributed by atoms with Gasteiger partial charge in [0.1, 0.15) is 0 Å². The van der Waals surface area contributed by atoms with Gasteiger partial charge in [-0.2, -0.15) is 0 Å². The number of pyridine rings is 1. The summed E-state index contributed by atoms with van der Waals surface area (Å²) >= 11 is 0. The summed E-state index contributed by atoms with van der Waals surface area (Å²) in [5.41, 5.74) is 2.66. The number of fused-ring (bicyclic) bond motifs is 1. The van der Waals surface area contributed by atoms with E-state index in [0.29, 0.717) is 28.1 Å². The van der Waals surface area contributed by atoms with E-state index < -0.39 is 17.0 Å². The van der Waals surface area contributed by atoms with Gasteiger partial charge in [0.25, 0.3) is 5.91 Å². The molecular formula is C25H23N3O3S. The number of hydrogen-bond acceptors (Lipinski definition) is 4. The number of aromatic nitrogens is 1. The highest BCUT2D eigenvalue weighted by atomic mass is 32.2. The van der Waals surface area contributed by atoms with E-state index in [4.69, 9.17) is 0 Å². The molecule has 6 nitrogen and oxygen atoms in total. The van der Waals surface area contributed by atoms with Crippen molar-refractivity contribution in [1.82, 2.24) is 10.3 Å². The second kappa shape index (κ2) is 10.2. The third kappa shape index (κ3) is 5.19. The molecule has 2 atom stereocenters. The van der Waals surface area contributed by atoms with Gasteiger partial charge in [-0.3, -0.25) is 9.78 Å². The Kier molecular flexibility index (Phi) is 6.89. The number of hydrogen-bond donors (Lipinski definition) is 3. The molecule has 0 radical (unpaired) electrons. The summed E-state index contributed by atoms with van der Waals surface area (Å²) in [5.74, 6) is -0.304. The Morgan fingerprint density at radius 3 is 2.56 bits per heavy atom. The highest BCUT2D eigenvalue weighted by Gasteiger charge is 2.15. The summed E-state index contributed by atoms with van der Waals surface area (Å²) in [6, 6.07) is 25.3. The van der Waals surface area contributed by atoms with E-state index in [2.05, 4.69) is 15.0 Å². The minimum Gasteiger partial charge on any atom is -0.394 e. The number of benzene rings is 3. The molecule has 0 spiro atoms. The molecule has 0 saturated heterocycles. The maximum atomic E-state index is 13.0. The fraction of sp³-hybridized carbons (Fsp3) is 0.120. The Bertz CT molecular complexity index is 1240. The molecule has 3 N–H and O–H groups in total. The number of anilines is 1. The van der Waals surface area contributed by atoms with E-state index >= 15 is 0 Å². The van der Waals surface area contributed by atoms with Crippen molar-refractivity contribution < 1.29 is 14.1 Å². The lowest BCUT2D eigenvalue weighted by Gasteiger charge is -2.17. The quantitative estimate of drug-likeness (QED) is 0.386. The summed E-state index contributed by atoms with van der Waals surface area (Å²) in [6.07, 6.45) is 2.19. The highest BCUT2D eigenvalue weighted by Crippen LogP contribution is 2.21. The van der Waals surface area contributed by atoms with Crippen molar-refractivity contribution in [3.63, 3.8) is 0 Å². The van der Waals surface area contributed by atoms with Crippen molar-refractivity contribution in [3.05, 3.63) is 102 Å². The van der Waals surface area contributed by atoms with Gasteiger partial charge in [-0.25, -0.2) is 4.21 Å². The Morgan fingerprint density at radius 2 is 1.75 bits per heavy atom. The van der Waals surface area contributed by atoms with Crippen molar-refractivity contribution in [2.45, 2.75) is 17.4 Å². The summed E-state index contributed by atoms with van der Waals surface area (Å²) < 4.78 is 15.9. The van der Waals surface area contributed by atoms with Crippen LogP contribution in [0.2, 0.25) is 0 Å². The number of carbonyl (C=O) groups is 1. The first-order valence-electron chi connectivity index (χ1n) is 10.2. The number of para-hydroxylation sites is 1. The smallest absolute Gasteiger partial charge is 0.251 e. The van der Waals surface area contributed by atoms with Crippen LogP contribution in [0, 0.1) is 0 Å². The Balaban J connectivity index is 1.46. The molecular weight excluding hydrogens is 422 g/mol. The average molecular weight is 446 g/mol. The largest absolute Gasteiger partial charge is 0.394 e. The second-order valence-corrected chi connectivity index (χ2v) is 8.51. The molecule has 0 bridgehead atoms. The third-order valence-corrected chi connectivity index (χ3v) is 6.16. The van der Waals surface area contributed by atoms with Gasteiger partial charge in [-0.05, 0) is 42.3 Å². The van der Waals surface area contributed by atoms with Crippen LogP contribution in [0.3, 0.4) is 0 Å². The number of rotatable bonds is 8. The lowest BCUT2D eigenvalue weighted by molar-refractivity contribution is 0.0916. The summed E-state index contributed by atoms with van der Waals surface area (Å²) in [7, 11) is -1.55. The first kappa shape index (κ1) is 21.7. The molecule has 1 unspecified atom stereocenters. The number of nitrogens with zero attached hydrogens (tertiary/aromatic N) is 1. The number of aliphatic hydroxyl groups excluding tert-OH is 1. The maximum absolute atomic E-state index is 13.0. The van der Waals surface area contributed by atoms with E-state index in [1.165, 1.54) is 0 Å². The molecule has 0 fully saturated rings. The molecule has 7 heteroatoms. The Labute approximate surface area is 188 Å². The molecule has 4 aromatic rings. The molecule has 162 valence electrons. The van der Waals surface area contributed by atoms with Crippen molar-refractivity contribution in [1.29, 1.82) is 0 Å². The van der Waals surface area contributed by atoms with Crippen LogP contribution >= 0.6 is 0 Å². The van der Waals surface area contributed by atoms with Crippen LogP contribution in [0.25, 0.3) is 10.9 Å². The fourth-order valence-electron chi connectivity index (χ4n) is 3.44. The van der Waals surface area contributed by atoms with E-state index in [-0.39, 0.29) is 12.5 Å². The summed E-state index contributed by atoms with van der Waals surface area (Å²) in [5, 5.41) is 13.5. The number of aliphatic hydroxyl groups is 1. The van der Waals surface area contributed by atoms with Gasteiger partial charge in [0.15, 0.2) is 11.0 Å². The second-order valence-electron chi connectivity index (χ2n) is 7.33. The van der Waals surface area contributed by atoms with Crippen LogP contribution < -0.4 is 10.0 Å². The van der Waals surface area contributed by atoms with Gasteiger partial charge in [0.2, 0.25) is 0 Å². The fourth-order valence-corrected chi connectivity index (χ4v) is 4.44. The van der Waals surface area contributed by atoms with Gasteiger partial charge in [0, 0.05) is 22.8 Å². The Morgan fingerprint density at radius 1 is 0.969 bits per heavy atom. The molecule has 0 saturated carbocycles. The van der Waals surface area contributed by atoms with Crippen LogP contribution in [0.1, 0.15) is 15.9 Å². The van der Waals surface area contributed by atoms with Gasteiger partial charge >= 0.3 is 0 Å². The molecule has 1 heterocycles. The van der Waals surface area contributed by atoms with Crippen LogP contribution in [0.15, 0.2) is 96.0 Å². The number of nitrogens with one attached hydrogen (secondary N) is 2. The zero-order chi connectivity index (χ0) is 22.3. The van der Waals surface area contributed by atoms with Crippen LogP contribution in [-0.2, 0) is 17.4 Å². The van der Waals surface area contributed by atoms with Crippen LogP contribution in [0.5, 0.6) is 0 Å². The van der Waals surface area contributed by atoms with E-state index in [1.807, 2.05) is 54.6 Å². The Hall–Kier alpha value is -3.55. The zero-order valence-corrected chi connectivity index (χ0v) is 18.1. The standard InChI is InChI=1S/C25H23N3O3S/c29-17-22(15-18-7-2-1-3-8-18)27-25(30)20-10-4-12-21(16-20)28-32(31)23-13-5-9-19-11-6-14-26-24(19)23/h1-14,16,22,28-29H,15,17H2,(H,27,30)/t22-,32?/m0/s1. The van der Waals surface area contributed by atoms with Crippen molar-refractivity contribution >= 4 is 33.5 Å². The minimum absolute atomic E-state index is 0.170. The molecule has 0 aliphatic rings. The predicted molar refractivity (Wildman–Crippen MR) is 127 cm³/mol. The number of amides is 1. The normalized spacial score (nSPS) is 12.8. The lowest BCUT2D eigenvalue weighted by atomic mass is 10.1. The SMILES string of the molecule is O=C(N[C@H](CO)Cc1ccccc1)c1cccc(NS(=O)c2cccc3cccnc23)c1. The van der Waals surface area contributed by atoms with Crippen LogP contribution in [0.4, 0.5) is 5.69 Å². The molecule has 32 heavy (non-hydrogen) atoms. The van der Waals surface area contributed by atoms with Crippen molar-refractivity contribution in [2.24, 2.45) is 0 Å². The van der Waals surface area contributed by atoms with Crippen LogP contribution in [-0.4, -0.2) is 32.9 Å². The monoisotopic (exact) mass is 445 g/mol. The van der Waals surface area contributed by atoms with Gasteiger partial charge in [0.05, 0.1) is 23.1 Å². The molecule has 4 rings (SSSR count). The van der Waals surface area contributed by atoms with Gasteiger partial charge in [-0.1, -0.05) is 54.6 Å². The number of carbonyl (C=O) groups excluding carboxylic acids is 1. The van der Waals surface area contributed by atoms with E-state index in [0.717, 1.165) is 10.9 Å². The molecule has 0 aliphatic carbocycles. The van der Waals surface area contributed by atoms with E-state index in [9.17, 15) is 14.1 Å².